The van der Waals surface area contributed by atoms with E-state index in [4.69, 9.17) is 0 Å². The molecule has 1 aliphatic carbocycles. The molecule has 3 rings (SSSR count). The van der Waals surface area contributed by atoms with Crippen LogP contribution in [0.25, 0.3) is 16.5 Å². The monoisotopic (exact) mass is 234 g/mol. The number of benzene rings is 1. The number of nitrogens with zero attached hydrogens (tertiary/aromatic N) is 2. The van der Waals surface area contributed by atoms with E-state index in [9.17, 15) is 0 Å². The van der Waals surface area contributed by atoms with Crippen molar-refractivity contribution in [2.75, 3.05) is 0 Å². The van der Waals surface area contributed by atoms with Crippen molar-refractivity contribution >= 4 is 16.5 Å². The summed E-state index contributed by atoms with van der Waals surface area (Å²) in [4.78, 5) is 9.10. The number of hydrogen-bond donors (Lipinski definition) is 0. The van der Waals surface area contributed by atoms with Crippen molar-refractivity contribution < 1.29 is 0 Å². The van der Waals surface area contributed by atoms with Crippen LogP contribution in [0, 0.1) is 6.92 Å². The van der Waals surface area contributed by atoms with E-state index in [2.05, 4.69) is 29.2 Å². The molecule has 1 aliphatic rings. The van der Waals surface area contributed by atoms with E-state index in [1.165, 1.54) is 11.1 Å². The Kier molecular flexibility index (Phi) is 2.37. The quantitative estimate of drug-likeness (QED) is 0.793. The van der Waals surface area contributed by atoms with Gasteiger partial charge < -0.3 is 0 Å². The third-order valence-electron chi connectivity index (χ3n) is 3.35. The van der Waals surface area contributed by atoms with Gasteiger partial charge in [0.2, 0.25) is 0 Å². The molecule has 0 unspecified atom stereocenters. The number of aryl methyl sites for hydroxylation is 1. The minimum atomic E-state index is 0.791. The molecule has 88 valence electrons. The van der Waals surface area contributed by atoms with E-state index < -0.39 is 0 Å². The van der Waals surface area contributed by atoms with Crippen molar-refractivity contribution in [2.24, 2.45) is 0 Å². The number of hydrogen-bond acceptors (Lipinski definition) is 2. The molecule has 18 heavy (non-hydrogen) atoms. The van der Waals surface area contributed by atoms with Gasteiger partial charge in [-0.05, 0) is 30.5 Å². The average Bonchev–Trinajstić information content (AvgIpc) is 2.38. The number of allylic oxidation sites excluding steroid dienone is 4. The van der Waals surface area contributed by atoms with Crippen LogP contribution in [0.4, 0.5) is 0 Å². The molecular formula is C16H14N2. The lowest BCUT2D eigenvalue weighted by Gasteiger charge is -2.19. The van der Waals surface area contributed by atoms with Crippen LogP contribution < -0.4 is 0 Å². The lowest BCUT2D eigenvalue weighted by Crippen LogP contribution is -2.06. The van der Waals surface area contributed by atoms with Gasteiger partial charge in [0.15, 0.2) is 0 Å². The summed E-state index contributed by atoms with van der Waals surface area (Å²) in [6, 6.07) is 6.22. The molecule has 0 aliphatic heterocycles. The molecule has 0 amide bonds. The van der Waals surface area contributed by atoms with Crippen LogP contribution in [-0.2, 0) is 6.42 Å². The highest BCUT2D eigenvalue weighted by Gasteiger charge is 2.19. The predicted molar refractivity (Wildman–Crippen MR) is 75.3 cm³/mol. The first-order valence-electron chi connectivity index (χ1n) is 5.99. The second-order valence-corrected chi connectivity index (χ2v) is 4.45. The van der Waals surface area contributed by atoms with Crippen LogP contribution in [0.5, 0.6) is 0 Å². The minimum Gasteiger partial charge on any atom is -0.233 e. The van der Waals surface area contributed by atoms with E-state index >= 15 is 0 Å². The summed E-state index contributed by atoms with van der Waals surface area (Å²) in [7, 11) is 0. The van der Waals surface area contributed by atoms with Gasteiger partial charge in [-0.25, -0.2) is 9.97 Å². The van der Waals surface area contributed by atoms with Crippen molar-refractivity contribution in [3.63, 3.8) is 0 Å². The Balaban J connectivity index is 2.49. The van der Waals surface area contributed by atoms with Crippen molar-refractivity contribution in [2.45, 2.75) is 13.3 Å². The highest BCUT2D eigenvalue weighted by molar-refractivity contribution is 5.98. The second-order valence-electron chi connectivity index (χ2n) is 4.45. The first-order valence-corrected chi connectivity index (χ1v) is 5.99. The zero-order chi connectivity index (χ0) is 12.7. The Morgan fingerprint density at radius 1 is 1.17 bits per heavy atom. The molecule has 2 heteroatoms. The van der Waals surface area contributed by atoms with E-state index in [0.29, 0.717) is 0 Å². The van der Waals surface area contributed by atoms with Crippen LogP contribution in [0.2, 0.25) is 0 Å². The van der Waals surface area contributed by atoms with Crippen molar-refractivity contribution in [3.05, 3.63) is 66.2 Å². The van der Waals surface area contributed by atoms with E-state index in [1.807, 2.05) is 31.2 Å². The Morgan fingerprint density at radius 3 is 2.72 bits per heavy atom. The van der Waals surface area contributed by atoms with Gasteiger partial charge in [-0.2, -0.15) is 0 Å². The van der Waals surface area contributed by atoms with Crippen LogP contribution in [0.1, 0.15) is 17.1 Å². The molecule has 0 fully saturated rings. The smallest absolute Gasteiger partial charge is 0.126 e. The summed E-state index contributed by atoms with van der Waals surface area (Å²) >= 11 is 0. The molecule has 0 saturated carbocycles. The maximum Gasteiger partial charge on any atom is 0.126 e. The second kappa shape index (κ2) is 3.91. The molecule has 0 saturated heterocycles. The first kappa shape index (κ1) is 10.9. The maximum atomic E-state index is 4.59. The first-order chi connectivity index (χ1) is 8.74. The summed E-state index contributed by atoms with van der Waals surface area (Å²) in [5.74, 6) is 0.791. The number of rotatable bonds is 2. The molecule has 1 aromatic heterocycles. The minimum absolute atomic E-state index is 0.791. The van der Waals surface area contributed by atoms with Gasteiger partial charge in [-0.3, -0.25) is 0 Å². The third kappa shape index (κ3) is 1.42. The summed E-state index contributed by atoms with van der Waals surface area (Å²) < 4.78 is 0. The van der Waals surface area contributed by atoms with Crippen molar-refractivity contribution in [1.29, 1.82) is 0 Å². The topological polar surface area (TPSA) is 25.8 Å². The molecule has 0 N–H and O–H groups in total. The van der Waals surface area contributed by atoms with Gasteiger partial charge in [-0.1, -0.05) is 37.4 Å². The Morgan fingerprint density at radius 2 is 2.00 bits per heavy atom. The fraction of sp³-hybridized carbons (Fsp3) is 0.125. The average molecular weight is 234 g/mol. The molecular weight excluding hydrogens is 220 g/mol. The fourth-order valence-electron chi connectivity index (χ4n) is 2.57. The third-order valence-corrected chi connectivity index (χ3v) is 3.35. The molecule has 0 spiro atoms. The highest BCUT2D eigenvalue weighted by Crippen LogP contribution is 2.35. The molecule has 0 atom stereocenters. The zero-order valence-corrected chi connectivity index (χ0v) is 10.4. The maximum absolute atomic E-state index is 4.59. The van der Waals surface area contributed by atoms with Crippen LogP contribution in [-0.4, -0.2) is 9.97 Å². The lowest BCUT2D eigenvalue weighted by atomic mass is 9.87. The Labute approximate surface area is 106 Å². The van der Waals surface area contributed by atoms with Crippen LogP contribution in [0.15, 0.2) is 49.1 Å². The van der Waals surface area contributed by atoms with Gasteiger partial charge >= 0.3 is 0 Å². The van der Waals surface area contributed by atoms with Gasteiger partial charge in [0.25, 0.3) is 0 Å². The summed E-state index contributed by atoms with van der Waals surface area (Å²) in [5.41, 5.74) is 5.53. The summed E-state index contributed by atoms with van der Waals surface area (Å²) in [5, 5.41) is 1.16. The predicted octanol–water partition coefficient (Wildman–Crippen LogP) is 3.62. The Bertz CT molecular complexity index is 708. The Hall–Kier alpha value is -2.22. The van der Waals surface area contributed by atoms with Gasteiger partial charge in [0, 0.05) is 11.0 Å². The van der Waals surface area contributed by atoms with Crippen LogP contribution in [0.3, 0.4) is 0 Å². The normalized spacial score (nSPS) is 13.8. The standard InChI is InChI=1S/C16H14N2/c1-4-11-9-12-7-6-8-14-15(12)16(13(11)5-2)18-10(3)17-14/h4-8H,1-2,9H2,3H3. The molecule has 1 heterocycles. The van der Waals surface area contributed by atoms with E-state index in [-0.39, 0.29) is 0 Å². The zero-order valence-electron chi connectivity index (χ0n) is 10.4. The van der Waals surface area contributed by atoms with Crippen molar-refractivity contribution in [1.82, 2.24) is 9.97 Å². The molecule has 0 bridgehead atoms. The summed E-state index contributed by atoms with van der Waals surface area (Å²) in [6.07, 6.45) is 4.64. The van der Waals surface area contributed by atoms with E-state index in [1.54, 1.807) is 0 Å². The van der Waals surface area contributed by atoms with Gasteiger partial charge in [0.1, 0.15) is 5.82 Å². The molecule has 0 radical (unpaired) electrons. The SMILES string of the molecule is C=CC1=C(C=C)c2nc(C)nc3cccc(c23)C1. The molecule has 1 aromatic carbocycles. The molecule has 2 aromatic rings. The van der Waals surface area contributed by atoms with Crippen molar-refractivity contribution in [3.8, 4) is 0 Å². The van der Waals surface area contributed by atoms with Crippen LogP contribution >= 0.6 is 0 Å². The number of aromatic nitrogens is 2. The largest absolute Gasteiger partial charge is 0.233 e. The summed E-state index contributed by atoms with van der Waals surface area (Å²) in [6.45, 7) is 9.72. The fourth-order valence-corrected chi connectivity index (χ4v) is 2.57. The van der Waals surface area contributed by atoms with Gasteiger partial charge in [-0.15, -0.1) is 0 Å². The highest BCUT2D eigenvalue weighted by atomic mass is 14.9. The molecule has 2 nitrogen and oxygen atoms in total. The lowest BCUT2D eigenvalue weighted by molar-refractivity contribution is 1.06. The van der Waals surface area contributed by atoms with E-state index in [0.717, 1.165) is 34.4 Å². The van der Waals surface area contributed by atoms with Gasteiger partial charge in [0.05, 0.1) is 11.2 Å².